The van der Waals surface area contributed by atoms with Crippen LogP contribution in [0.25, 0.3) is 0 Å². The van der Waals surface area contributed by atoms with E-state index in [9.17, 15) is 9.59 Å². The van der Waals surface area contributed by atoms with Gasteiger partial charge in [-0.3, -0.25) is 14.3 Å². The van der Waals surface area contributed by atoms with Crippen LogP contribution in [0.2, 0.25) is 0 Å². The molecular formula is C10H14N2O3S. The minimum Gasteiger partial charge on any atom is -0.469 e. The van der Waals surface area contributed by atoms with E-state index in [0.29, 0.717) is 23.4 Å². The number of methoxy groups -OCH3 is 1. The fourth-order valence-electron chi connectivity index (χ4n) is 1.29. The average molecular weight is 242 g/mol. The van der Waals surface area contributed by atoms with Crippen molar-refractivity contribution in [3.05, 3.63) is 11.3 Å². The molecule has 0 unspecified atom stereocenters. The van der Waals surface area contributed by atoms with Crippen LogP contribution in [-0.4, -0.2) is 34.9 Å². The summed E-state index contributed by atoms with van der Waals surface area (Å²) in [5, 5.41) is 4.94. The van der Waals surface area contributed by atoms with E-state index < -0.39 is 0 Å². The minimum atomic E-state index is -0.251. The molecule has 0 radical (unpaired) electrons. The highest BCUT2D eigenvalue weighted by atomic mass is 32.2. The summed E-state index contributed by atoms with van der Waals surface area (Å²) in [6.45, 7) is 1.79. The number of aldehydes is 1. The molecule has 0 aliphatic carbocycles. The van der Waals surface area contributed by atoms with Crippen LogP contribution in [0.4, 0.5) is 0 Å². The summed E-state index contributed by atoms with van der Waals surface area (Å²) in [4.78, 5) is 21.8. The Kier molecular flexibility index (Phi) is 4.54. The molecule has 0 amide bonds. The van der Waals surface area contributed by atoms with Gasteiger partial charge in [-0.1, -0.05) is 0 Å². The lowest BCUT2D eigenvalue weighted by Gasteiger charge is -2.02. The van der Waals surface area contributed by atoms with Gasteiger partial charge in [0.1, 0.15) is 5.03 Å². The molecule has 0 aromatic carbocycles. The van der Waals surface area contributed by atoms with Gasteiger partial charge < -0.3 is 4.74 Å². The molecule has 0 bridgehead atoms. The van der Waals surface area contributed by atoms with Crippen molar-refractivity contribution in [3.63, 3.8) is 0 Å². The Bertz CT molecular complexity index is 401. The third kappa shape index (κ3) is 2.85. The number of nitrogens with zero attached hydrogens (tertiary/aromatic N) is 2. The SMILES string of the molecule is COC(=O)CCSc1c(C=O)c(C)nn1C. The molecule has 1 rings (SSSR count). The first-order valence-corrected chi connectivity index (χ1v) is 5.77. The predicted octanol–water partition coefficient (Wildman–Crippen LogP) is 1.20. The maximum Gasteiger partial charge on any atom is 0.306 e. The second kappa shape index (κ2) is 5.69. The maximum absolute atomic E-state index is 10.9. The van der Waals surface area contributed by atoms with Crippen molar-refractivity contribution >= 4 is 24.0 Å². The van der Waals surface area contributed by atoms with Gasteiger partial charge in [0.15, 0.2) is 6.29 Å². The van der Waals surface area contributed by atoms with Crippen molar-refractivity contribution < 1.29 is 14.3 Å². The number of carbonyl (C=O) groups is 2. The molecule has 0 aliphatic heterocycles. The fourth-order valence-corrected chi connectivity index (χ4v) is 2.33. The molecule has 0 atom stereocenters. The second-order valence-electron chi connectivity index (χ2n) is 3.22. The lowest BCUT2D eigenvalue weighted by molar-refractivity contribution is -0.140. The maximum atomic E-state index is 10.9. The van der Waals surface area contributed by atoms with Gasteiger partial charge >= 0.3 is 5.97 Å². The van der Waals surface area contributed by atoms with E-state index in [1.807, 2.05) is 0 Å². The molecule has 0 fully saturated rings. The van der Waals surface area contributed by atoms with Crippen molar-refractivity contribution in [3.8, 4) is 0 Å². The van der Waals surface area contributed by atoms with Gasteiger partial charge in [0.2, 0.25) is 0 Å². The van der Waals surface area contributed by atoms with Gasteiger partial charge in [-0.25, -0.2) is 0 Å². The summed E-state index contributed by atoms with van der Waals surface area (Å²) in [5.74, 6) is 0.325. The highest BCUT2D eigenvalue weighted by molar-refractivity contribution is 7.99. The molecule has 0 saturated heterocycles. The molecular weight excluding hydrogens is 228 g/mol. The third-order valence-electron chi connectivity index (χ3n) is 2.10. The molecule has 0 saturated carbocycles. The number of hydrogen-bond donors (Lipinski definition) is 0. The van der Waals surface area contributed by atoms with E-state index in [2.05, 4.69) is 9.84 Å². The monoisotopic (exact) mass is 242 g/mol. The molecule has 1 heterocycles. The van der Waals surface area contributed by atoms with Crippen LogP contribution in [0.1, 0.15) is 22.5 Å². The molecule has 0 N–H and O–H groups in total. The van der Waals surface area contributed by atoms with Crippen LogP contribution in [0.5, 0.6) is 0 Å². The zero-order chi connectivity index (χ0) is 12.1. The molecule has 0 spiro atoms. The number of esters is 1. The van der Waals surface area contributed by atoms with Gasteiger partial charge in [0, 0.05) is 12.8 Å². The topological polar surface area (TPSA) is 61.2 Å². The van der Waals surface area contributed by atoms with Crippen LogP contribution in [0.3, 0.4) is 0 Å². The number of rotatable bonds is 5. The van der Waals surface area contributed by atoms with Crippen LogP contribution in [0, 0.1) is 6.92 Å². The molecule has 5 nitrogen and oxygen atoms in total. The van der Waals surface area contributed by atoms with E-state index in [0.717, 1.165) is 11.3 Å². The molecule has 1 aromatic heterocycles. The Morgan fingerprint density at radius 2 is 2.31 bits per heavy atom. The minimum absolute atomic E-state index is 0.251. The molecule has 1 aromatic rings. The number of carbonyl (C=O) groups excluding carboxylic acids is 2. The van der Waals surface area contributed by atoms with Crippen LogP contribution in [-0.2, 0) is 16.6 Å². The summed E-state index contributed by atoms with van der Waals surface area (Å²) >= 11 is 1.43. The fraction of sp³-hybridized carbons (Fsp3) is 0.500. The first kappa shape index (κ1) is 12.8. The van der Waals surface area contributed by atoms with Crippen molar-refractivity contribution in [1.82, 2.24) is 9.78 Å². The van der Waals surface area contributed by atoms with E-state index in [1.165, 1.54) is 18.9 Å². The van der Waals surface area contributed by atoms with Gasteiger partial charge in [-0.2, -0.15) is 5.10 Å². The third-order valence-corrected chi connectivity index (χ3v) is 3.27. The highest BCUT2D eigenvalue weighted by Gasteiger charge is 2.13. The largest absolute Gasteiger partial charge is 0.469 e. The Hall–Kier alpha value is -1.30. The average Bonchev–Trinajstić information content (AvgIpc) is 2.53. The van der Waals surface area contributed by atoms with Gasteiger partial charge in [-0.05, 0) is 6.92 Å². The summed E-state index contributed by atoms with van der Waals surface area (Å²) in [6.07, 6.45) is 1.12. The van der Waals surface area contributed by atoms with Crippen LogP contribution < -0.4 is 0 Å². The molecule has 0 aliphatic rings. The Labute approximate surface area is 98.2 Å². The zero-order valence-corrected chi connectivity index (χ0v) is 10.3. The van der Waals surface area contributed by atoms with Crippen molar-refractivity contribution in [1.29, 1.82) is 0 Å². The Morgan fingerprint density at radius 3 is 2.88 bits per heavy atom. The predicted molar refractivity (Wildman–Crippen MR) is 60.7 cm³/mol. The summed E-state index contributed by atoms with van der Waals surface area (Å²) in [5.41, 5.74) is 1.30. The molecule has 6 heteroatoms. The van der Waals surface area contributed by atoms with Gasteiger partial charge in [-0.15, -0.1) is 11.8 Å². The number of hydrogen-bond acceptors (Lipinski definition) is 5. The molecule has 88 valence electrons. The van der Waals surface area contributed by atoms with E-state index in [4.69, 9.17) is 0 Å². The lowest BCUT2D eigenvalue weighted by atomic mass is 10.3. The van der Waals surface area contributed by atoms with Crippen molar-refractivity contribution in [2.75, 3.05) is 12.9 Å². The zero-order valence-electron chi connectivity index (χ0n) is 9.52. The lowest BCUT2D eigenvalue weighted by Crippen LogP contribution is -2.02. The highest BCUT2D eigenvalue weighted by Crippen LogP contribution is 2.23. The van der Waals surface area contributed by atoms with E-state index in [-0.39, 0.29) is 5.97 Å². The number of aromatic nitrogens is 2. The second-order valence-corrected chi connectivity index (χ2v) is 4.30. The van der Waals surface area contributed by atoms with E-state index in [1.54, 1.807) is 18.7 Å². The van der Waals surface area contributed by atoms with Gasteiger partial charge in [0.25, 0.3) is 0 Å². The summed E-state index contributed by atoms with van der Waals surface area (Å²) < 4.78 is 6.19. The molecule has 16 heavy (non-hydrogen) atoms. The number of aryl methyl sites for hydroxylation is 2. The number of ether oxygens (including phenoxy) is 1. The first-order chi connectivity index (χ1) is 7.60. The Balaban J connectivity index is 2.66. The summed E-state index contributed by atoms with van der Waals surface area (Å²) in [7, 11) is 3.14. The summed E-state index contributed by atoms with van der Waals surface area (Å²) in [6, 6.07) is 0. The quantitative estimate of drug-likeness (QED) is 0.441. The van der Waals surface area contributed by atoms with Gasteiger partial charge in [0.05, 0.1) is 24.8 Å². The first-order valence-electron chi connectivity index (χ1n) is 4.78. The van der Waals surface area contributed by atoms with Crippen molar-refractivity contribution in [2.45, 2.75) is 18.4 Å². The van der Waals surface area contributed by atoms with E-state index >= 15 is 0 Å². The van der Waals surface area contributed by atoms with Crippen LogP contribution in [0.15, 0.2) is 5.03 Å². The standard InChI is InChI=1S/C10H14N2O3S/c1-7-8(6-13)10(12(2)11-7)16-5-4-9(14)15-3/h6H,4-5H2,1-3H3. The smallest absolute Gasteiger partial charge is 0.306 e. The normalized spacial score (nSPS) is 10.2. The van der Waals surface area contributed by atoms with Crippen LogP contribution >= 0.6 is 11.8 Å². The van der Waals surface area contributed by atoms with Crippen molar-refractivity contribution in [2.24, 2.45) is 7.05 Å². The Morgan fingerprint density at radius 1 is 1.62 bits per heavy atom. The number of thioether (sulfide) groups is 1.